The van der Waals surface area contributed by atoms with E-state index in [1.165, 1.54) is 21.6 Å². The normalized spacial score (nSPS) is 23.2. The Morgan fingerprint density at radius 1 is 1.00 bits per heavy atom. The Bertz CT molecular complexity index is 1180. The van der Waals surface area contributed by atoms with Gasteiger partial charge in [0.2, 0.25) is 0 Å². The molecule has 2 aliphatic heterocycles. The van der Waals surface area contributed by atoms with Gasteiger partial charge in [0.15, 0.2) is 0 Å². The van der Waals surface area contributed by atoms with Crippen LogP contribution in [0.3, 0.4) is 0 Å². The van der Waals surface area contributed by atoms with Gasteiger partial charge in [-0.3, -0.25) is 9.59 Å². The summed E-state index contributed by atoms with van der Waals surface area (Å²) in [6.07, 6.45) is 3.07. The Morgan fingerprint density at radius 3 is 2.43 bits per heavy atom. The second-order valence-corrected chi connectivity index (χ2v) is 10.5. The van der Waals surface area contributed by atoms with Gasteiger partial charge in [0.25, 0.3) is 11.8 Å². The number of aryl methyl sites for hydroxylation is 1. The quantitative estimate of drug-likeness (QED) is 0.507. The molecule has 2 aromatic rings. The van der Waals surface area contributed by atoms with Gasteiger partial charge in [-0.25, -0.2) is 4.90 Å². The summed E-state index contributed by atoms with van der Waals surface area (Å²) in [6, 6.07) is 9.39. The molecule has 0 N–H and O–H groups in total. The molecule has 2 amide bonds. The van der Waals surface area contributed by atoms with E-state index in [0.29, 0.717) is 16.8 Å². The summed E-state index contributed by atoms with van der Waals surface area (Å²) in [5.74, 6) is -0.267. The lowest BCUT2D eigenvalue weighted by molar-refractivity contribution is -0.123. The number of fused-ring (bicyclic) bond motifs is 4. The maximum Gasteiger partial charge on any atom is 0.266 e. The highest BCUT2D eigenvalue weighted by Gasteiger charge is 2.46. The minimum atomic E-state index is -0.334. The van der Waals surface area contributed by atoms with E-state index in [1.54, 1.807) is 18.2 Å². The average Bonchev–Trinajstić information content (AvgIpc) is 3.09. The Morgan fingerprint density at radius 2 is 1.70 bits per heavy atom. The highest BCUT2D eigenvalue weighted by Crippen LogP contribution is 2.51. The van der Waals surface area contributed by atoms with Gasteiger partial charge in [-0.2, -0.15) is 0 Å². The highest BCUT2D eigenvalue weighted by molar-refractivity contribution is 9.10. The Labute approximate surface area is 185 Å². The van der Waals surface area contributed by atoms with Crippen molar-refractivity contribution in [3.63, 3.8) is 0 Å². The molecule has 5 rings (SSSR count). The van der Waals surface area contributed by atoms with E-state index in [-0.39, 0.29) is 28.9 Å². The number of halogens is 1. The molecule has 2 heterocycles. The Balaban J connectivity index is 1.61. The van der Waals surface area contributed by atoms with Crippen LogP contribution in [0.15, 0.2) is 40.9 Å². The van der Waals surface area contributed by atoms with Crippen molar-refractivity contribution in [2.75, 3.05) is 4.90 Å². The molecular formula is C25H24BrNO3. The molecule has 30 heavy (non-hydrogen) atoms. The van der Waals surface area contributed by atoms with Crippen molar-refractivity contribution in [2.45, 2.75) is 52.2 Å². The molecule has 0 bridgehead atoms. The van der Waals surface area contributed by atoms with Gasteiger partial charge in [0.1, 0.15) is 0 Å². The monoisotopic (exact) mass is 465 g/mol. The fourth-order valence-electron chi connectivity index (χ4n) is 5.32. The smallest absolute Gasteiger partial charge is 0.266 e. The molecule has 1 atom stereocenters. The first-order valence-electron chi connectivity index (χ1n) is 10.2. The summed E-state index contributed by atoms with van der Waals surface area (Å²) in [5, 5.41) is 0. The van der Waals surface area contributed by atoms with Crippen LogP contribution in [0.2, 0.25) is 0 Å². The second kappa shape index (κ2) is 6.14. The van der Waals surface area contributed by atoms with Crippen molar-refractivity contribution in [2.24, 2.45) is 5.92 Å². The van der Waals surface area contributed by atoms with Crippen LogP contribution in [0, 0.1) is 12.8 Å². The molecule has 2 aromatic carbocycles. The van der Waals surface area contributed by atoms with Crippen molar-refractivity contribution < 1.29 is 14.3 Å². The van der Waals surface area contributed by atoms with E-state index < -0.39 is 0 Å². The predicted molar refractivity (Wildman–Crippen MR) is 121 cm³/mol. The molecule has 1 aliphatic carbocycles. The van der Waals surface area contributed by atoms with Gasteiger partial charge in [-0.1, -0.05) is 15.9 Å². The molecule has 0 spiro atoms. The number of benzene rings is 2. The summed E-state index contributed by atoms with van der Waals surface area (Å²) in [7, 11) is 0. The summed E-state index contributed by atoms with van der Waals surface area (Å²) < 4.78 is 7.14. The molecule has 0 unspecified atom stereocenters. The van der Waals surface area contributed by atoms with Crippen LogP contribution >= 0.6 is 15.9 Å². The number of ether oxygens (including phenoxy) is 1. The van der Waals surface area contributed by atoms with E-state index >= 15 is 0 Å². The number of carbonyl (C=O) groups excluding carboxylic acids is 2. The van der Waals surface area contributed by atoms with Crippen LogP contribution in [0.4, 0.5) is 5.69 Å². The van der Waals surface area contributed by atoms with Crippen molar-refractivity contribution in [3.8, 4) is 0 Å². The number of anilines is 1. The molecule has 154 valence electrons. The van der Waals surface area contributed by atoms with E-state index in [9.17, 15) is 9.59 Å². The van der Waals surface area contributed by atoms with Crippen LogP contribution in [0.25, 0.3) is 5.57 Å². The topological polar surface area (TPSA) is 46.6 Å². The lowest BCUT2D eigenvalue weighted by Crippen LogP contribution is -2.45. The highest BCUT2D eigenvalue weighted by atomic mass is 79.9. The van der Waals surface area contributed by atoms with Gasteiger partial charge in [0, 0.05) is 10.4 Å². The van der Waals surface area contributed by atoms with Gasteiger partial charge >= 0.3 is 0 Å². The predicted octanol–water partition coefficient (Wildman–Crippen LogP) is 5.70. The summed E-state index contributed by atoms with van der Waals surface area (Å²) in [4.78, 5) is 27.5. The van der Waals surface area contributed by atoms with Gasteiger partial charge in [-0.05, 0) is 99.7 Å². The third-order valence-corrected chi connectivity index (χ3v) is 6.98. The van der Waals surface area contributed by atoms with Gasteiger partial charge in [-0.15, -0.1) is 0 Å². The first-order valence-corrected chi connectivity index (χ1v) is 11.0. The second-order valence-electron chi connectivity index (χ2n) is 9.60. The Hall–Kier alpha value is -2.24. The fourth-order valence-corrected chi connectivity index (χ4v) is 5.68. The number of hydrogen-bond acceptors (Lipinski definition) is 3. The van der Waals surface area contributed by atoms with Crippen LogP contribution < -0.4 is 4.90 Å². The first kappa shape index (κ1) is 19.7. The zero-order valence-corrected chi connectivity index (χ0v) is 19.4. The zero-order chi connectivity index (χ0) is 21.6. The van der Waals surface area contributed by atoms with Crippen LogP contribution in [0.1, 0.15) is 65.1 Å². The van der Waals surface area contributed by atoms with E-state index in [4.69, 9.17) is 4.74 Å². The summed E-state index contributed by atoms with van der Waals surface area (Å²) in [6.45, 7) is 10.4. The molecule has 0 fully saturated rings. The maximum atomic E-state index is 13.1. The number of nitrogens with zero attached hydrogens (tertiary/aromatic N) is 1. The third-order valence-electron chi connectivity index (χ3n) is 6.49. The molecule has 0 saturated heterocycles. The van der Waals surface area contributed by atoms with Crippen molar-refractivity contribution >= 4 is 39.0 Å². The Kier molecular flexibility index (Phi) is 4.04. The molecular weight excluding hydrogens is 442 g/mol. The molecule has 3 aliphatic rings. The standard InChI is InChI=1S/C25H24BrNO3/c1-13-8-17-14(9-20-19(17)12-24(2,3)30-25(20,4)5)10-21(13)27-22(28)16-7-6-15(26)11-18(16)23(27)29/h6-8,10-12,20H,9H2,1-5H3/t20-/m0/s1. The fraction of sp³-hybridized carbons (Fsp3) is 0.360. The number of carbonyl (C=O) groups is 2. The van der Waals surface area contributed by atoms with Crippen LogP contribution in [0.5, 0.6) is 0 Å². The first-order chi connectivity index (χ1) is 14.0. The minimum absolute atomic E-state index is 0.258. The number of amides is 2. The van der Waals surface area contributed by atoms with Crippen molar-refractivity contribution in [1.82, 2.24) is 0 Å². The maximum absolute atomic E-state index is 13.1. The molecule has 4 nitrogen and oxygen atoms in total. The van der Waals surface area contributed by atoms with E-state index in [2.05, 4.69) is 55.8 Å². The number of imide groups is 1. The molecule has 0 radical (unpaired) electrons. The van der Waals surface area contributed by atoms with Crippen LogP contribution in [-0.2, 0) is 11.2 Å². The van der Waals surface area contributed by atoms with Crippen molar-refractivity contribution in [3.05, 3.63) is 68.7 Å². The van der Waals surface area contributed by atoms with E-state index in [1.807, 2.05) is 13.0 Å². The lowest BCUT2D eigenvalue weighted by Gasteiger charge is -2.44. The molecule has 0 aromatic heterocycles. The largest absolute Gasteiger partial charge is 0.365 e. The van der Waals surface area contributed by atoms with Gasteiger partial charge < -0.3 is 4.74 Å². The number of rotatable bonds is 1. The van der Waals surface area contributed by atoms with Crippen LogP contribution in [-0.4, -0.2) is 23.0 Å². The third kappa shape index (κ3) is 2.75. The van der Waals surface area contributed by atoms with Crippen molar-refractivity contribution in [1.29, 1.82) is 0 Å². The van der Waals surface area contributed by atoms with Gasteiger partial charge in [0.05, 0.1) is 28.0 Å². The summed E-state index contributed by atoms with van der Waals surface area (Å²) >= 11 is 3.40. The van der Waals surface area contributed by atoms with E-state index in [0.717, 1.165) is 16.5 Å². The number of hydrogen-bond donors (Lipinski definition) is 0. The molecule has 0 saturated carbocycles. The average molecular weight is 466 g/mol. The molecule has 5 heteroatoms. The minimum Gasteiger partial charge on any atom is -0.365 e. The zero-order valence-electron chi connectivity index (χ0n) is 17.8. The summed E-state index contributed by atoms with van der Waals surface area (Å²) in [5.41, 5.74) is 5.57. The SMILES string of the molecule is Cc1cc2c(cc1N1C(=O)c3ccc(Br)cc3C1=O)C[C@H]1C2=CC(C)(C)OC1(C)C. The lowest BCUT2D eigenvalue weighted by atomic mass is 9.79.